The van der Waals surface area contributed by atoms with Gasteiger partial charge in [0.15, 0.2) is 0 Å². The number of fused-ring (bicyclic) bond motifs is 4. The molecule has 0 aliphatic rings. The van der Waals surface area contributed by atoms with Gasteiger partial charge in [0.1, 0.15) is 28.3 Å². The zero-order valence-electron chi connectivity index (χ0n) is 15.2. The molecule has 0 radical (unpaired) electrons. The van der Waals surface area contributed by atoms with Gasteiger partial charge in [0.05, 0.1) is 22.7 Å². The van der Waals surface area contributed by atoms with E-state index in [-0.39, 0.29) is 5.82 Å². The van der Waals surface area contributed by atoms with Crippen LogP contribution in [0.3, 0.4) is 0 Å². The SMILES string of the molecule is Fc1ccc(-c2nc3cnccc3n2-c2ccccc2)c2oc3ccccc3c12. The normalized spacial score (nSPS) is 11.6. The fraction of sp³-hybridized carbons (Fsp3) is 0. The van der Waals surface area contributed by atoms with Crippen molar-refractivity contribution < 1.29 is 8.81 Å². The van der Waals surface area contributed by atoms with Crippen molar-refractivity contribution in [2.24, 2.45) is 0 Å². The Labute approximate surface area is 164 Å². The standard InChI is InChI=1S/C24H14FN3O/c25-18-11-10-17(23-22(18)16-8-4-5-9-21(16)29-23)24-27-19-14-26-13-12-20(19)28(24)15-6-2-1-3-7-15/h1-14H. The summed E-state index contributed by atoms with van der Waals surface area (Å²) in [6.07, 6.45) is 3.48. The van der Waals surface area contributed by atoms with Gasteiger partial charge in [-0.2, -0.15) is 0 Å². The van der Waals surface area contributed by atoms with Crippen LogP contribution in [0.4, 0.5) is 4.39 Å². The molecule has 0 atom stereocenters. The van der Waals surface area contributed by atoms with E-state index in [1.165, 1.54) is 6.07 Å². The molecule has 0 aliphatic carbocycles. The van der Waals surface area contributed by atoms with E-state index >= 15 is 0 Å². The minimum absolute atomic E-state index is 0.308. The summed E-state index contributed by atoms with van der Waals surface area (Å²) < 4.78 is 22.9. The van der Waals surface area contributed by atoms with Crippen molar-refractivity contribution in [1.82, 2.24) is 14.5 Å². The number of hydrogen-bond acceptors (Lipinski definition) is 3. The first-order chi connectivity index (χ1) is 14.3. The molecule has 3 heterocycles. The minimum atomic E-state index is -0.308. The fourth-order valence-corrected chi connectivity index (χ4v) is 3.92. The molecule has 5 heteroatoms. The van der Waals surface area contributed by atoms with Crippen LogP contribution in [0.1, 0.15) is 0 Å². The maximum absolute atomic E-state index is 14.8. The molecule has 0 N–H and O–H groups in total. The fourth-order valence-electron chi connectivity index (χ4n) is 3.92. The second kappa shape index (κ2) is 6.01. The quantitative estimate of drug-likeness (QED) is 0.364. The summed E-state index contributed by atoms with van der Waals surface area (Å²) >= 11 is 0. The van der Waals surface area contributed by atoms with Gasteiger partial charge < -0.3 is 4.42 Å². The van der Waals surface area contributed by atoms with Crippen LogP contribution in [0.5, 0.6) is 0 Å². The van der Waals surface area contributed by atoms with Crippen LogP contribution in [0.15, 0.2) is 89.6 Å². The van der Waals surface area contributed by atoms with E-state index in [1.807, 2.05) is 60.7 Å². The predicted molar refractivity (Wildman–Crippen MR) is 112 cm³/mol. The highest BCUT2D eigenvalue weighted by atomic mass is 19.1. The van der Waals surface area contributed by atoms with E-state index in [9.17, 15) is 4.39 Å². The van der Waals surface area contributed by atoms with E-state index in [1.54, 1.807) is 18.5 Å². The zero-order valence-corrected chi connectivity index (χ0v) is 15.2. The first kappa shape index (κ1) is 16.0. The van der Waals surface area contributed by atoms with Gasteiger partial charge in [-0.1, -0.05) is 36.4 Å². The molecule has 0 saturated heterocycles. The maximum Gasteiger partial charge on any atom is 0.149 e. The topological polar surface area (TPSA) is 43.9 Å². The third-order valence-corrected chi connectivity index (χ3v) is 5.19. The molecular weight excluding hydrogens is 365 g/mol. The molecule has 0 amide bonds. The Morgan fingerprint density at radius 2 is 1.69 bits per heavy atom. The van der Waals surface area contributed by atoms with Gasteiger partial charge in [0, 0.05) is 17.3 Å². The number of rotatable bonds is 2. The molecule has 0 bridgehead atoms. The summed E-state index contributed by atoms with van der Waals surface area (Å²) in [5.41, 5.74) is 4.53. The molecule has 0 spiro atoms. The lowest BCUT2D eigenvalue weighted by molar-refractivity contribution is 0.634. The molecule has 3 aromatic carbocycles. The van der Waals surface area contributed by atoms with Crippen molar-refractivity contribution >= 4 is 33.0 Å². The molecule has 29 heavy (non-hydrogen) atoms. The largest absolute Gasteiger partial charge is 0.455 e. The van der Waals surface area contributed by atoms with Gasteiger partial charge in [-0.3, -0.25) is 9.55 Å². The van der Waals surface area contributed by atoms with Crippen molar-refractivity contribution in [2.45, 2.75) is 0 Å². The minimum Gasteiger partial charge on any atom is -0.455 e. The lowest BCUT2D eigenvalue weighted by atomic mass is 10.1. The number of halogens is 1. The molecule has 0 unspecified atom stereocenters. The highest BCUT2D eigenvalue weighted by molar-refractivity contribution is 6.09. The first-order valence-electron chi connectivity index (χ1n) is 9.29. The summed E-state index contributed by atoms with van der Waals surface area (Å²) in [6, 6.07) is 22.6. The van der Waals surface area contributed by atoms with Crippen LogP contribution in [-0.4, -0.2) is 14.5 Å². The molecule has 0 aliphatic heterocycles. The Kier molecular flexibility index (Phi) is 3.32. The van der Waals surface area contributed by atoms with Crippen LogP contribution < -0.4 is 0 Å². The monoisotopic (exact) mass is 379 g/mol. The average Bonchev–Trinajstić information content (AvgIpc) is 3.34. The lowest BCUT2D eigenvalue weighted by Gasteiger charge is -2.10. The number of imidazole rings is 1. The van der Waals surface area contributed by atoms with Crippen molar-refractivity contribution in [1.29, 1.82) is 0 Å². The third kappa shape index (κ3) is 2.31. The Balaban J connectivity index is 1.76. The third-order valence-electron chi connectivity index (χ3n) is 5.19. The summed E-state index contributed by atoms with van der Waals surface area (Å²) in [7, 11) is 0. The molecule has 4 nitrogen and oxygen atoms in total. The number of benzene rings is 3. The van der Waals surface area contributed by atoms with E-state index in [0.29, 0.717) is 22.4 Å². The molecule has 3 aromatic heterocycles. The van der Waals surface area contributed by atoms with Crippen LogP contribution in [0, 0.1) is 5.82 Å². The Morgan fingerprint density at radius 1 is 0.862 bits per heavy atom. The smallest absolute Gasteiger partial charge is 0.149 e. The highest BCUT2D eigenvalue weighted by Gasteiger charge is 2.21. The van der Waals surface area contributed by atoms with Crippen LogP contribution in [-0.2, 0) is 0 Å². The van der Waals surface area contributed by atoms with Crippen molar-refractivity contribution in [3.8, 4) is 17.1 Å². The number of furan rings is 1. The van der Waals surface area contributed by atoms with Gasteiger partial charge in [-0.05, 0) is 36.4 Å². The van der Waals surface area contributed by atoms with Crippen molar-refractivity contribution in [2.75, 3.05) is 0 Å². The Bertz CT molecular complexity index is 1520. The molecule has 6 rings (SSSR count). The predicted octanol–water partition coefficient (Wildman–Crippen LogP) is 6.13. The van der Waals surface area contributed by atoms with Gasteiger partial charge in [-0.15, -0.1) is 0 Å². The van der Waals surface area contributed by atoms with E-state index in [2.05, 4.69) is 9.55 Å². The Morgan fingerprint density at radius 3 is 2.59 bits per heavy atom. The van der Waals surface area contributed by atoms with Gasteiger partial charge >= 0.3 is 0 Å². The van der Waals surface area contributed by atoms with Crippen LogP contribution in [0.2, 0.25) is 0 Å². The van der Waals surface area contributed by atoms with Crippen LogP contribution >= 0.6 is 0 Å². The second-order valence-corrected chi connectivity index (χ2v) is 6.87. The van der Waals surface area contributed by atoms with Crippen LogP contribution in [0.25, 0.3) is 50.0 Å². The number of nitrogens with zero attached hydrogens (tertiary/aromatic N) is 3. The maximum atomic E-state index is 14.8. The molecule has 138 valence electrons. The summed E-state index contributed by atoms with van der Waals surface area (Å²) in [5.74, 6) is 0.376. The lowest BCUT2D eigenvalue weighted by Crippen LogP contribution is -1.97. The average molecular weight is 379 g/mol. The number of hydrogen-bond donors (Lipinski definition) is 0. The molecule has 0 fully saturated rings. The molecule has 0 saturated carbocycles. The number of para-hydroxylation sites is 2. The van der Waals surface area contributed by atoms with Gasteiger partial charge in [0.2, 0.25) is 0 Å². The first-order valence-corrected chi connectivity index (χ1v) is 9.29. The molecular formula is C24H14FN3O. The van der Waals surface area contributed by atoms with Gasteiger partial charge in [-0.25, -0.2) is 9.37 Å². The van der Waals surface area contributed by atoms with E-state index in [4.69, 9.17) is 9.40 Å². The highest BCUT2D eigenvalue weighted by Crippen LogP contribution is 2.38. The Hall–Kier alpha value is -3.99. The van der Waals surface area contributed by atoms with E-state index in [0.717, 1.165) is 27.7 Å². The van der Waals surface area contributed by atoms with Crippen molar-refractivity contribution in [3.63, 3.8) is 0 Å². The number of pyridine rings is 1. The van der Waals surface area contributed by atoms with E-state index < -0.39 is 0 Å². The second-order valence-electron chi connectivity index (χ2n) is 6.87. The summed E-state index contributed by atoms with van der Waals surface area (Å²) in [5, 5.41) is 1.23. The summed E-state index contributed by atoms with van der Waals surface area (Å²) in [4.78, 5) is 9.03. The molecule has 6 aromatic rings. The van der Waals surface area contributed by atoms with Gasteiger partial charge in [0.25, 0.3) is 0 Å². The number of aromatic nitrogens is 3. The van der Waals surface area contributed by atoms with Crippen molar-refractivity contribution in [3.05, 3.63) is 91.0 Å². The summed E-state index contributed by atoms with van der Waals surface area (Å²) in [6.45, 7) is 0. The zero-order chi connectivity index (χ0) is 19.4.